The molecule has 3 heteroatoms. The lowest BCUT2D eigenvalue weighted by Gasteiger charge is -2.42. The average molecular weight is 335 g/mol. The van der Waals surface area contributed by atoms with Gasteiger partial charge in [0.15, 0.2) is 0 Å². The third kappa shape index (κ3) is 2.41. The van der Waals surface area contributed by atoms with E-state index in [1.54, 1.807) is 12.1 Å². The molecular weight excluding hydrogens is 313 g/mol. The summed E-state index contributed by atoms with van der Waals surface area (Å²) in [6.45, 7) is 0.802. The Morgan fingerprint density at radius 2 is 1.76 bits per heavy atom. The standard InChI is InChI=1S/C22H22FNO/c23-17-7-5-15(6-8-17)16-9-12-22(13-10-16)21-19(11-14-25-22)18-3-1-2-4-20(18)24-21/h1-8,16,24H,9-14H2. The SMILES string of the molecule is Fc1ccc(C2CCC3(CC2)OCCc2c3[nH]c3ccccc23)cc1. The second kappa shape index (κ2) is 5.70. The second-order valence-electron chi connectivity index (χ2n) is 7.44. The fourth-order valence-electron chi connectivity index (χ4n) is 4.82. The summed E-state index contributed by atoms with van der Waals surface area (Å²) in [7, 11) is 0. The van der Waals surface area contributed by atoms with Crippen LogP contribution in [0.3, 0.4) is 0 Å². The van der Waals surface area contributed by atoms with Gasteiger partial charge in [-0.2, -0.15) is 0 Å². The quantitative estimate of drug-likeness (QED) is 0.630. The van der Waals surface area contributed by atoms with E-state index >= 15 is 0 Å². The Hall–Kier alpha value is -2.13. The van der Waals surface area contributed by atoms with Crippen molar-refractivity contribution in [3.63, 3.8) is 0 Å². The maximum Gasteiger partial charge on any atom is 0.123 e. The summed E-state index contributed by atoms with van der Waals surface area (Å²) in [5.41, 5.74) is 5.06. The summed E-state index contributed by atoms with van der Waals surface area (Å²) < 4.78 is 19.6. The monoisotopic (exact) mass is 335 g/mol. The first kappa shape index (κ1) is 15.2. The summed E-state index contributed by atoms with van der Waals surface area (Å²) in [6.07, 6.45) is 5.20. The molecule has 0 unspecified atom stereocenters. The van der Waals surface area contributed by atoms with Gasteiger partial charge < -0.3 is 9.72 Å². The number of halogens is 1. The zero-order valence-corrected chi connectivity index (χ0v) is 14.2. The molecule has 25 heavy (non-hydrogen) atoms. The van der Waals surface area contributed by atoms with Gasteiger partial charge in [0, 0.05) is 10.9 Å². The second-order valence-corrected chi connectivity index (χ2v) is 7.44. The Morgan fingerprint density at radius 3 is 2.56 bits per heavy atom. The summed E-state index contributed by atoms with van der Waals surface area (Å²) >= 11 is 0. The van der Waals surface area contributed by atoms with E-state index in [1.165, 1.54) is 27.7 Å². The van der Waals surface area contributed by atoms with E-state index in [0.29, 0.717) is 5.92 Å². The highest BCUT2D eigenvalue weighted by Gasteiger charge is 2.43. The van der Waals surface area contributed by atoms with E-state index in [0.717, 1.165) is 38.7 Å². The molecule has 0 radical (unpaired) electrons. The lowest BCUT2D eigenvalue weighted by molar-refractivity contribution is -0.0900. The van der Waals surface area contributed by atoms with Crippen LogP contribution in [0.1, 0.15) is 48.4 Å². The molecule has 0 saturated heterocycles. The van der Waals surface area contributed by atoms with Crippen molar-refractivity contribution >= 4 is 10.9 Å². The van der Waals surface area contributed by atoms with Crippen LogP contribution in [0.4, 0.5) is 4.39 Å². The third-order valence-corrected chi connectivity index (χ3v) is 6.13. The van der Waals surface area contributed by atoms with E-state index in [9.17, 15) is 4.39 Å². The molecule has 1 saturated carbocycles. The highest BCUT2D eigenvalue weighted by molar-refractivity contribution is 5.85. The highest BCUT2D eigenvalue weighted by Crippen LogP contribution is 2.49. The minimum absolute atomic E-state index is 0.158. The van der Waals surface area contributed by atoms with E-state index in [4.69, 9.17) is 4.74 Å². The molecule has 1 N–H and O–H groups in total. The molecule has 1 fully saturated rings. The summed E-state index contributed by atoms with van der Waals surface area (Å²) in [5.74, 6) is 0.346. The number of hydrogen-bond acceptors (Lipinski definition) is 1. The molecular formula is C22H22FNO. The molecule has 0 atom stereocenters. The molecule has 2 heterocycles. The van der Waals surface area contributed by atoms with Crippen LogP contribution in [0.5, 0.6) is 0 Å². The third-order valence-electron chi connectivity index (χ3n) is 6.13. The zero-order valence-electron chi connectivity index (χ0n) is 14.2. The van der Waals surface area contributed by atoms with Crippen LogP contribution < -0.4 is 0 Å². The number of rotatable bonds is 1. The highest BCUT2D eigenvalue weighted by atomic mass is 19.1. The number of nitrogens with one attached hydrogen (secondary N) is 1. The van der Waals surface area contributed by atoms with Crippen LogP contribution in [0.25, 0.3) is 10.9 Å². The van der Waals surface area contributed by atoms with Crippen molar-refractivity contribution < 1.29 is 9.13 Å². The van der Waals surface area contributed by atoms with E-state index < -0.39 is 0 Å². The summed E-state index contributed by atoms with van der Waals surface area (Å²) in [6, 6.07) is 15.6. The first-order valence-electron chi connectivity index (χ1n) is 9.25. The average Bonchev–Trinajstić information content (AvgIpc) is 3.04. The van der Waals surface area contributed by atoms with E-state index in [2.05, 4.69) is 29.2 Å². The Labute approximate surface area is 147 Å². The van der Waals surface area contributed by atoms with Crippen LogP contribution in [-0.2, 0) is 16.8 Å². The van der Waals surface area contributed by atoms with Gasteiger partial charge in [0.2, 0.25) is 0 Å². The molecule has 0 amide bonds. The van der Waals surface area contributed by atoms with Crippen molar-refractivity contribution in [3.05, 3.63) is 71.2 Å². The Kier molecular flexibility index (Phi) is 3.46. The fraction of sp³-hybridized carbons (Fsp3) is 0.364. The van der Waals surface area contributed by atoms with Gasteiger partial charge in [-0.05, 0) is 67.3 Å². The van der Waals surface area contributed by atoms with Crippen LogP contribution in [0, 0.1) is 5.82 Å². The van der Waals surface area contributed by atoms with E-state index in [1.807, 2.05) is 12.1 Å². The number of hydrogen-bond donors (Lipinski definition) is 1. The minimum atomic E-state index is -0.164. The van der Waals surface area contributed by atoms with Crippen molar-refractivity contribution in [2.45, 2.75) is 43.6 Å². The van der Waals surface area contributed by atoms with E-state index in [-0.39, 0.29) is 11.4 Å². The number of aromatic amines is 1. The van der Waals surface area contributed by atoms with Gasteiger partial charge in [-0.25, -0.2) is 4.39 Å². The lowest BCUT2D eigenvalue weighted by atomic mass is 9.73. The molecule has 2 aromatic carbocycles. The normalized spacial score (nSPS) is 26.0. The molecule has 5 rings (SSSR count). The summed E-state index contributed by atoms with van der Waals surface area (Å²) in [4.78, 5) is 3.66. The van der Waals surface area contributed by atoms with Crippen LogP contribution >= 0.6 is 0 Å². The first-order chi connectivity index (χ1) is 12.3. The maximum atomic E-state index is 13.2. The number of H-pyrrole nitrogens is 1. The largest absolute Gasteiger partial charge is 0.368 e. The number of fused-ring (bicyclic) bond motifs is 4. The van der Waals surface area contributed by atoms with Crippen LogP contribution in [0.2, 0.25) is 0 Å². The Balaban J connectivity index is 1.46. The van der Waals surface area contributed by atoms with Crippen molar-refractivity contribution in [1.82, 2.24) is 4.98 Å². The zero-order chi connectivity index (χ0) is 16.9. The predicted octanol–water partition coefficient (Wildman–Crippen LogP) is 5.43. The molecule has 1 aromatic heterocycles. The van der Waals surface area contributed by atoms with Gasteiger partial charge in [0.25, 0.3) is 0 Å². The van der Waals surface area contributed by atoms with Crippen molar-refractivity contribution in [2.24, 2.45) is 0 Å². The van der Waals surface area contributed by atoms with Crippen LogP contribution in [-0.4, -0.2) is 11.6 Å². The Bertz CT molecular complexity index is 903. The van der Waals surface area contributed by atoms with Crippen LogP contribution in [0.15, 0.2) is 48.5 Å². The Morgan fingerprint density at radius 1 is 1.00 bits per heavy atom. The number of benzene rings is 2. The molecule has 1 spiro atoms. The van der Waals surface area contributed by atoms with Crippen molar-refractivity contribution in [1.29, 1.82) is 0 Å². The van der Waals surface area contributed by atoms with Crippen molar-refractivity contribution in [2.75, 3.05) is 6.61 Å². The molecule has 3 aromatic rings. The molecule has 1 aliphatic heterocycles. The molecule has 0 bridgehead atoms. The molecule has 2 aliphatic rings. The first-order valence-corrected chi connectivity index (χ1v) is 9.25. The van der Waals surface area contributed by atoms with Gasteiger partial charge in [-0.15, -0.1) is 0 Å². The lowest BCUT2D eigenvalue weighted by Crippen LogP contribution is -2.38. The smallest absolute Gasteiger partial charge is 0.123 e. The molecule has 128 valence electrons. The van der Waals surface area contributed by atoms with Crippen molar-refractivity contribution in [3.8, 4) is 0 Å². The van der Waals surface area contributed by atoms with Gasteiger partial charge in [0.05, 0.1) is 12.3 Å². The topological polar surface area (TPSA) is 25.0 Å². The molecule has 2 nitrogen and oxygen atoms in total. The fourth-order valence-corrected chi connectivity index (χ4v) is 4.82. The number of ether oxygens (including phenoxy) is 1. The maximum absolute atomic E-state index is 13.2. The van der Waals surface area contributed by atoms with Gasteiger partial charge in [0.1, 0.15) is 11.4 Å². The predicted molar refractivity (Wildman–Crippen MR) is 97.2 cm³/mol. The number of para-hydroxylation sites is 1. The number of aromatic nitrogens is 1. The summed E-state index contributed by atoms with van der Waals surface area (Å²) in [5, 5.41) is 1.35. The van der Waals surface area contributed by atoms with Gasteiger partial charge in [-0.1, -0.05) is 30.3 Å². The minimum Gasteiger partial charge on any atom is -0.368 e. The molecule has 1 aliphatic carbocycles. The van der Waals surface area contributed by atoms with Gasteiger partial charge in [-0.3, -0.25) is 0 Å². The van der Waals surface area contributed by atoms with Gasteiger partial charge >= 0.3 is 0 Å².